The van der Waals surface area contributed by atoms with Crippen molar-refractivity contribution in [3.8, 4) is 0 Å². The molecule has 1 aliphatic heterocycles. The zero-order valence-corrected chi connectivity index (χ0v) is 32.7. The van der Waals surface area contributed by atoms with E-state index < -0.39 is 102 Å². The predicted octanol–water partition coefficient (Wildman–Crippen LogP) is -2.24. The molecule has 30 heteroatoms. The number of fused-ring (bicyclic) bond motifs is 1. The number of nitrogens with zero attached hydrogens (tertiary/aromatic N) is 4. The molecule has 2 amide bonds. The van der Waals surface area contributed by atoms with E-state index in [1.807, 2.05) is 0 Å². The summed E-state index contributed by atoms with van der Waals surface area (Å²) in [5.74, 6) is -3.61. The molecule has 0 spiro atoms. The molecule has 2 unspecified atom stereocenters. The quantitative estimate of drug-likeness (QED) is 0.0359. The lowest BCUT2D eigenvalue weighted by Crippen LogP contribution is -2.46. The van der Waals surface area contributed by atoms with Gasteiger partial charge >= 0.3 is 23.5 Å². The molecule has 0 aliphatic carbocycles. The maximum absolute atomic E-state index is 12.6. The molecule has 7 atom stereocenters. The lowest BCUT2D eigenvalue weighted by molar-refractivity contribution is -0.155. The third-order valence-electron chi connectivity index (χ3n) is 7.24. The van der Waals surface area contributed by atoms with Crippen LogP contribution in [0.3, 0.4) is 0 Å². The average molecular weight is 870 g/mol. The molecule has 0 aromatic carbocycles. The van der Waals surface area contributed by atoms with Crippen molar-refractivity contribution in [2.75, 3.05) is 37.8 Å². The Kier molecular flexibility index (Phi) is 16.0. The number of imidazole rings is 1. The summed E-state index contributed by atoms with van der Waals surface area (Å²) in [4.78, 5) is 86.9. The molecule has 0 radical (unpaired) electrons. The van der Waals surface area contributed by atoms with Gasteiger partial charge in [-0.3, -0.25) is 32.5 Å². The number of phosphoric acid groups is 3. The smallest absolute Gasteiger partial charge is 0.386 e. The number of hydrogen-bond acceptors (Lipinski definition) is 20. The number of carbonyl (C=O) groups is 3. The van der Waals surface area contributed by atoms with Gasteiger partial charge in [-0.1, -0.05) is 25.6 Å². The van der Waals surface area contributed by atoms with Crippen LogP contribution in [0.4, 0.5) is 5.82 Å². The van der Waals surface area contributed by atoms with Crippen LogP contribution in [0.1, 0.15) is 39.8 Å². The minimum Gasteiger partial charge on any atom is -0.386 e. The molecule has 26 nitrogen and oxygen atoms in total. The van der Waals surface area contributed by atoms with Gasteiger partial charge in [0.2, 0.25) is 11.8 Å². The Hall–Kier alpha value is -2.52. The van der Waals surface area contributed by atoms with Crippen molar-refractivity contribution < 1.29 is 90.7 Å². The highest BCUT2D eigenvalue weighted by Crippen LogP contribution is 2.61. The molecule has 1 fully saturated rings. The largest absolute Gasteiger partial charge is 0.481 e. The van der Waals surface area contributed by atoms with Crippen LogP contribution < -0.4 is 16.4 Å². The number of anilines is 1. The van der Waals surface area contributed by atoms with Crippen molar-refractivity contribution in [3.05, 3.63) is 12.7 Å². The van der Waals surface area contributed by atoms with Gasteiger partial charge in [0.15, 0.2) is 28.6 Å². The van der Waals surface area contributed by atoms with E-state index in [9.17, 15) is 68.1 Å². The van der Waals surface area contributed by atoms with E-state index >= 15 is 0 Å². The molecule has 3 heterocycles. The minimum absolute atomic E-state index is 0.0201. The summed E-state index contributed by atoms with van der Waals surface area (Å²) in [6, 6.07) is 0. The molecule has 12 N–H and O–H groups in total. The first-order valence-corrected chi connectivity index (χ1v) is 21.2. The van der Waals surface area contributed by atoms with Crippen molar-refractivity contribution in [1.82, 2.24) is 30.2 Å². The Balaban J connectivity index is 1.50. The Morgan fingerprint density at radius 2 is 1.69 bits per heavy atom. The molecule has 0 saturated carbocycles. The van der Waals surface area contributed by atoms with Crippen LogP contribution >= 0.6 is 35.2 Å². The zero-order chi connectivity index (χ0) is 41.6. The number of rotatable bonds is 21. The van der Waals surface area contributed by atoms with E-state index in [2.05, 4.69) is 34.4 Å². The lowest BCUT2D eigenvalue weighted by Gasteiger charge is -2.30. The molecule has 0 bridgehead atoms. The number of aliphatic hydroxyl groups excluding tert-OH is 2. The predicted molar refractivity (Wildman–Crippen MR) is 185 cm³/mol. The summed E-state index contributed by atoms with van der Waals surface area (Å²) in [5.41, 5.74) is 4.20. The third-order valence-corrected chi connectivity index (χ3v) is 11.2. The van der Waals surface area contributed by atoms with E-state index in [1.54, 1.807) is 0 Å². The van der Waals surface area contributed by atoms with Gasteiger partial charge in [-0.25, -0.2) is 28.6 Å². The van der Waals surface area contributed by atoms with Crippen LogP contribution in [0, 0.1) is 5.41 Å². The van der Waals surface area contributed by atoms with Gasteiger partial charge in [0, 0.05) is 30.7 Å². The lowest BCUT2D eigenvalue weighted by atomic mass is 9.87. The second kappa shape index (κ2) is 18.8. The van der Waals surface area contributed by atoms with Gasteiger partial charge in [-0.05, 0) is 6.92 Å². The maximum atomic E-state index is 12.6. The van der Waals surface area contributed by atoms with E-state index in [-0.39, 0.29) is 42.2 Å². The molecule has 3 rings (SSSR count). The van der Waals surface area contributed by atoms with Gasteiger partial charge < -0.3 is 61.1 Å². The van der Waals surface area contributed by atoms with Crippen molar-refractivity contribution in [3.63, 3.8) is 0 Å². The SMILES string of the molecule is CC(O)(O)CC(=O)SCCNC(=O)CCNC(=O)[C@H](O)C(C)(C)COP(=O)(O)OP(=O)(O)OC[C@H]1O[C@@H](n2cnc3c(N)ncnc32)[C@H](O)[C@@H]1OP(=O)(O)O. The van der Waals surface area contributed by atoms with Crippen LogP contribution in [0.25, 0.3) is 11.2 Å². The fourth-order valence-electron chi connectivity index (χ4n) is 4.62. The van der Waals surface area contributed by atoms with Crippen LogP contribution in [0.15, 0.2) is 12.7 Å². The summed E-state index contributed by atoms with van der Waals surface area (Å²) >= 11 is 0.777. The highest BCUT2D eigenvalue weighted by Gasteiger charge is 2.50. The summed E-state index contributed by atoms with van der Waals surface area (Å²) in [6.45, 7) is 1.23. The van der Waals surface area contributed by atoms with E-state index in [4.69, 9.17) is 19.5 Å². The summed E-state index contributed by atoms with van der Waals surface area (Å²) < 4.78 is 61.9. The first-order valence-electron chi connectivity index (χ1n) is 15.7. The summed E-state index contributed by atoms with van der Waals surface area (Å²) in [6.07, 6.45) is -7.60. The molecule has 1 saturated heterocycles. The Bertz CT molecular complexity index is 1820. The standard InChI is InChI=1S/C25H42N7O19P3S/c1-24(2,19(36)22(37)28-5-4-14(33)27-6-7-55-15(34)8-25(3,38)39)10-48-54(45,46)51-53(43,44)47-9-13-18(50-52(40,41)42)17(35)23(49-13)32-12-31-16-20(26)29-11-30-21(16)32/h11-13,17-19,23,35-36,38-39H,4-10H2,1-3H3,(H,27,33)(H,28,37)(H,43,44)(H,45,46)(H2,26,29,30)(H2,40,41,42)/t13-,17-,18-,19+,23-/m1/s1. The van der Waals surface area contributed by atoms with Gasteiger partial charge in [-0.15, -0.1) is 0 Å². The molecule has 55 heavy (non-hydrogen) atoms. The Morgan fingerprint density at radius 1 is 1.04 bits per heavy atom. The normalized spacial score (nSPS) is 22.2. The molecular formula is C25H42N7O19P3S. The number of thioether (sulfide) groups is 1. The highest BCUT2D eigenvalue weighted by atomic mass is 32.2. The van der Waals surface area contributed by atoms with E-state index in [0.29, 0.717) is 0 Å². The molecule has 2 aromatic heterocycles. The number of ether oxygens (including phenoxy) is 1. The number of amides is 2. The van der Waals surface area contributed by atoms with Crippen LogP contribution in [-0.2, 0) is 50.7 Å². The number of carbonyl (C=O) groups excluding carboxylic acids is 3. The van der Waals surface area contributed by atoms with E-state index in [0.717, 1.165) is 35.9 Å². The first-order chi connectivity index (χ1) is 25.2. The first kappa shape index (κ1) is 46.9. The van der Waals surface area contributed by atoms with Gasteiger partial charge in [0.05, 0.1) is 26.0 Å². The van der Waals surface area contributed by atoms with Gasteiger partial charge in [0.1, 0.15) is 36.3 Å². The number of aromatic nitrogens is 4. The number of nitrogens with one attached hydrogen (secondary N) is 2. The number of nitrogens with two attached hydrogens (primary N) is 1. The second-order valence-corrected chi connectivity index (χ2v) is 18.1. The monoisotopic (exact) mass is 869 g/mol. The fraction of sp³-hybridized carbons (Fsp3) is 0.680. The third kappa shape index (κ3) is 14.7. The van der Waals surface area contributed by atoms with Crippen molar-refractivity contribution in [2.24, 2.45) is 5.41 Å². The van der Waals surface area contributed by atoms with Crippen molar-refractivity contribution in [1.29, 1.82) is 0 Å². The average Bonchev–Trinajstić information content (AvgIpc) is 3.60. The number of phosphoric ester groups is 3. The second-order valence-electron chi connectivity index (χ2n) is 12.7. The molecule has 2 aromatic rings. The summed E-state index contributed by atoms with van der Waals surface area (Å²) in [7, 11) is -16.4. The molecular weight excluding hydrogens is 827 g/mol. The van der Waals surface area contributed by atoms with Crippen molar-refractivity contribution in [2.45, 2.75) is 70.0 Å². The Morgan fingerprint density at radius 3 is 2.33 bits per heavy atom. The van der Waals surface area contributed by atoms with Gasteiger partial charge in [0.25, 0.3) is 0 Å². The summed E-state index contributed by atoms with van der Waals surface area (Å²) in [5, 5.41) is 44.1. The molecule has 312 valence electrons. The fourth-order valence-corrected chi connectivity index (χ4v) is 8.26. The van der Waals surface area contributed by atoms with Crippen LogP contribution in [-0.4, -0.2) is 139 Å². The minimum atomic E-state index is -5.59. The van der Waals surface area contributed by atoms with Gasteiger partial charge in [-0.2, -0.15) is 4.31 Å². The highest BCUT2D eigenvalue weighted by molar-refractivity contribution is 8.13. The maximum Gasteiger partial charge on any atom is 0.481 e. The Labute approximate surface area is 315 Å². The number of nitrogen functional groups attached to an aromatic ring is 1. The van der Waals surface area contributed by atoms with Crippen LogP contribution in [0.2, 0.25) is 0 Å². The number of aliphatic hydroxyl groups is 4. The topological polar surface area (TPSA) is 404 Å². The van der Waals surface area contributed by atoms with E-state index in [1.165, 1.54) is 13.8 Å². The number of hydrogen-bond donors (Lipinski definition) is 11. The van der Waals surface area contributed by atoms with Crippen LogP contribution in [0.5, 0.6) is 0 Å². The zero-order valence-electron chi connectivity index (χ0n) is 29.2. The van der Waals surface area contributed by atoms with Crippen molar-refractivity contribution >= 4 is 69.1 Å². The molecule has 1 aliphatic rings.